The van der Waals surface area contributed by atoms with Crippen molar-refractivity contribution >= 4 is 96.7 Å². The van der Waals surface area contributed by atoms with Gasteiger partial charge in [0.25, 0.3) is 0 Å². The molecule has 10 aromatic carbocycles. The van der Waals surface area contributed by atoms with Crippen LogP contribution in [0.5, 0.6) is 0 Å². The summed E-state index contributed by atoms with van der Waals surface area (Å²) in [5.74, 6) is 0. The van der Waals surface area contributed by atoms with Crippen LogP contribution in [0.1, 0.15) is 0 Å². The monoisotopic (exact) mass is 766 g/mol. The molecule has 59 heavy (non-hydrogen) atoms. The number of thiophene rings is 1. The van der Waals surface area contributed by atoms with Gasteiger partial charge in [0.15, 0.2) is 0 Å². The molecular weight excluding hydrogens is 733 g/mol. The second-order valence-electron chi connectivity index (χ2n) is 15.6. The van der Waals surface area contributed by atoms with Gasteiger partial charge in [-0.3, -0.25) is 0 Å². The average Bonchev–Trinajstić information content (AvgIpc) is 3.96. The molecule has 13 aromatic rings. The van der Waals surface area contributed by atoms with Gasteiger partial charge in [-0.25, -0.2) is 0 Å². The van der Waals surface area contributed by atoms with Crippen molar-refractivity contribution in [1.82, 2.24) is 9.13 Å². The SMILES string of the molecule is c1ccc(-n2c3ccccc3c3cc(-c4cc5c6cc(-c7ccc8c(c7)c7ccccc7n8-c7ccccc7)c7ccccc7c6sc5c5ccccc45)ccc32)cc1. The number of aromatic nitrogens is 2. The molecule has 0 fully saturated rings. The van der Waals surface area contributed by atoms with Crippen molar-refractivity contribution in [1.29, 1.82) is 0 Å². The molecule has 3 heteroatoms. The molecule has 0 unspecified atom stereocenters. The highest BCUT2D eigenvalue weighted by atomic mass is 32.1. The zero-order valence-corrected chi connectivity index (χ0v) is 32.7. The molecule has 0 atom stereocenters. The Bertz CT molecular complexity index is 3580. The van der Waals surface area contributed by atoms with Crippen molar-refractivity contribution in [3.8, 4) is 33.6 Å². The lowest BCUT2D eigenvalue weighted by atomic mass is 9.92. The minimum absolute atomic E-state index is 1.17. The van der Waals surface area contributed by atoms with Gasteiger partial charge in [-0.2, -0.15) is 0 Å². The molecule has 2 nitrogen and oxygen atoms in total. The first-order chi connectivity index (χ1) is 29.3. The van der Waals surface area contributed by atoms with Gasteiger partial charge in [0.05, 0.1) is 22.1 Å². The predicted molar refractivity (Wildman–Crippen MR) is 254 cm³/mol. The summed E-state index contributed by atoms with van der Waals surface area (Å²) in [6, 6.07) is 76.1. The van der Waals surface area contributed by atoms with Gasteiger partial charge in [-0.1, -0.05) is 133 Å². The minimum atomic E-state index is 1.17. The summed E-state index contributed by atoms with van der Waals surface area (Å²) in [6.45, 7) is 0. The van der Waals surface area contributed by atoms with Crippen LogP contribution in [-0.4, -0.2) is 9.13 Å². The van der Waals surface area contributed by atoms with Crippen molar-refractivity contribution in [2.75, 3.05) is 0 Å². The molecule has 0 aliphatic rings. The molecular formula is C56H34N2S. The number of fused-ring (bicyclic) bond motifs is 13. The summed E-state index contributed by atoms with van der Waals surface area (Å²) in [5, 5.41) is 12.8. The van der Waals surface area contributed by atoms with Gasteiger partial charge in [0.2, 0.25) is 0 Å². The minimum Gasteiger partial charge on any atom is -0.309 e. The van der Waals surface area contributed by atoms with E-state index < -0.39 is 0 Å². The zero-order valence-electron chi connectivity index (χ0n) is 31.9. The number of nitrogens with zero attached hydrogens (tertiary/aromatic N) is 2. The quantitative estimate of drug-likeness (QED) is 0.169. The Balaban J connectivity index is 1.07. The molecule has 0 radical (unpaired) electrons. The molecule has 13 rings (SSSR count). The van der Waals surface area contributed by atoms with E-state index in [2.05, 4.69) is 215 Å². The topological polar surface area (TPSA) is 9.86 Å². The molecule has 3 heterocycles. The number of para-hydroxylation sites is 4. The maximum Gasteiger partial charge on any atom is 0.0541 e. The number of benzene rings is 10. The van der Waals surface area contributed by atoms with E-state index in [1.807, 2.05) is 11.3 Å². The Morgan fingerprint density at radius 2 is 0.610 bits per heavy atom. The average molecular weight is 767 g/mol. The molecule has 0 N–H and O–H groups in total. The third-order valence-electron chi connectivity index (χ3n) is 12.5. The summed E-state index contributed by atoms with van der Waals surface area (Å²) in [5.41, 5.74) is 12.2. The third kappa shape index (κ3) is 4.74. The highest BCUT2D eigenvalue weighted by Gasteiger charge is 2.20. The van der Waals surface area contributed by atoms with Crippen molar-refractivity contribution in [3.05, 3.63) is 206 Å². The highest BCUT2D eigenvalue weighted by Crippen LogP contribution is 2.48. The van der Waals surface area contributed by atoms with E-state index >= 15 is 0 Å². The second-order valence-corrected chi connectivity index (χ2v) is 16.7. The number of hydrogen-bond acceptors (Lipinski definition) is 1. The standard InChI is InChI=1S/C56H34N2S/c1-3-15-37(16-4-1)57-51-25-13-11-21-41(51)47-31-35(27-29-53(47)57)45-33-49-50-34-46(40-20-8-10-24-44(40)56(50)59-55(49)43-23-9-7-19-39(43)45)36-28-30-54-48(32-36)42-22-12-14-26-52(42)58(54)38-17-5-2-6-18-38/h1-34H. The van der Waals surface area contributed by atoms with E-state index in [1.165, 1.54) is 119 Å². The Labute approximate surface area is 344 Å². The fraction of sp³-hybridized carbons (Fsp3) is 0. The van der Waals surface area contributed by atoms with Gasteiger partial charge in [-0.15, -0.1) is 11.3 Å². The van der Waals surface area contributed by atoms with Crippen LogP contribution >= 0.6 is 11.3 Å². The van der Waals surface area contributed by atoms with Crippen LogP contribution in [0.3, 0.4) is 0 Å². The van der Waals surface area contributed by atoms with Crippen LogP contribution in [-0.2, 0) is 0 Å². The molecule has 0 spiro atoms. The maximum atomic E-state index is 2.48. The van der Waals surface area contributed by atoms with Crippen molar-refractivity contribution in [2.24, 2.45) is 0 Å². The first-order valence-corrected chi connectivity index (χ1v) is 21.1. The van der Waals surface area contributed by atoms with E-state index in [4.69, 9.17) is 0 Å². The molecule has 0 saturated carbocycles. The van der Waals surface area contributed by atoms with Crippen LogP contribution in [0.15, 0.2) is 206 Å². The molecule has 0 aliphatic carbocycles. The first kappa shape index (κ1) is 32.6. The first-order valence-electron chi connectivity index (χ1n) is 20.3. The molecule has 0 saturated heterocycles. The van der Waals surface area contributed by atoms with Gasteiger partial charge < -0.3 is 9.13 Å². The lowest BCUT2D eigenvalue weighted by Crippen LogP contribution is -1.93. The maximum absolute atomic E-state index is 2.48. The summed E-state index contributed by atoms with van der Waals surface area (Å²) in [6.07, 6.45) is 0. The molecule has 3 aromatic heterocycles. The molecule has 0 aliphatic heterocycles. The lowest BCUT2D eigenvalue weighted by molar-refractivity contribution is 1.18. The van der Waals surface area contributed by atoms with Gasteiger partial charge in [0.1, 0.15) is 0 Å². The summed E-state index contributed by atoms with van der Waals surface area (Å²) in [7, 11) is 0. The fourth-order valence-corrected chi connectivity index (χ4v) is 11.2. The van der Waals surface area contributed by atoms with Crippen LogP contribution in [0.4, 0.5) is 0 Å². The Kier molecular flexibility index (Phi) is 6.92. The number of rotatable bonds is 4. The highest BCUT2D eigenvalue weighted by molar-refractivity contribution is 7.27. The van der Waals surface area contributed by atoms with Crippen LogP contribution in [0, 0.1) is 0 Å². The normalized spacial score (nSPS) is 12.1. The third-order valence-corrected chi connectivity index (χ3v) is 13.8. The molecule has 0 bridgehead atoms. The summed E-state index contributed by atoms with van der Waals surface area (Å²) in [4.78, 5) is 0. The number of hydrogen-bond donors (Lipinski definition) is 0. The van der Waals surface area contributed by atoms with E-state index in [0.717, 1.165) is 0 Å². The zero-order chi connectivity index (χ0) is 38.6. The van der Waals surface area contributed by atoms with Crippen molar-refractivity contribution in [2.45, 2.75) is 0 Å². The van der Waals surface area contributed by atoms with E-state index in [0.29, 0.717) is 0 Å². The molecule has 274 valence electrons. The summed E-state index contributed by atoms with van der Waals surface area (Å²) < 4.78 is 7.46. The van der Waals surface area contributed by atoms with E-state index in [-0.39, 0.29) is 0 Å². The molecule has 0 amide bonds. The van der Waals surface area contributed by atoms with Crippen LogP contribution in [0.2, 0.25) is 0 Å². The van der Waals surface area contributed by atoms with Gasteiger partial charge in [0, 0.05) is 63.9 Å². The summed E-state index contributed by atoms with van der Waals surface area (Å²) >= 11 is 1.93. The second kappa shape index (κ2) is 12.5. The van der Waals surface area contributed by atoms with E-state index in [1.54, 1.807) is 0 Å². The van der Waals surface area contributed by atoms with Gasteiger partial charge >= 0.3 is 0 Å². The van der Waals surface area contributed by atoms with Crippen LogP contribution in [0.25, 0.3) is 119 Å². The Hall–Kier alpha value is -7.46. The fourth-order valence-electron chi connectivity index (χ4n) is 9.89. The Morgan fingerprint density at radius 3 is 1.05 bits per heavy atom. The van der Waals surface area contributed by atoms with Crippen molar-refractivity contribution < 1.29 is 0 Å². The predicted octanol–water partition coefficient (Wildman–Crippen LogP) is 15.9. The van der Waals surface area contributed by atoms with Crippen molar-refractivity contribution in [3.63, 3.8) is 0 Å². The Morgan fingerprint density at radius 1 is 0.254 bits per heavy atom. The van der Waals surface area contributed by atoms with Gasteiger partial charge in [-0.05, 0) is 106 Å². The largest absolute Gasteiger partial charge is 0.309 e. The lowest BCUT2D eigenvalue weighted by Gasteiger charge is -2.12. The van der Waals surface area contributed by atoms with E-state index in [9.17, 15) is 0 Å². The van der Waals surface area contributed by atoms with Crippen LogP contribution < -0.4 is 0 Å². The smallest absolute Gasteiger partial charge is 0.0541 e.